The van der Waals surface area contributed by atoms with Crippen molar-refractivity contribution in [2.45, 2.75) is 37.7 Å². The third kappa shape index (κ3) is 5.28. The Morgan fingerprint density at radius 1 is 1.16 bits per heavy atom. The molecule has 7 nitrogen and oxygen atoms in total. The van der Waals surface area contributed by atoms with Crippen molar-refractivity contribution in [1.29, 1.82) is 0 Å². The highest BCUT2D eigenvalue weighted by atomic mass is 32.2. The van der Waals surface area contributed by atoms with Crippen molar-refractivity contribution in [2.75, 3.05) is 19.4 Å². The number of hydrogen-bond donors (Lipinski definition) is 1. The molecule has 0 spiro atoms. The molecular weight excluding hydrogens is 433 g/mol. The molecule has 0 bridgehead atoms. The Bertz CT molecular complexity index is 1170. The van der Waals surface area contributed by atoms with E-state index in [1.54, 1.807) is 18.2 Å². The summed E-state index contributed by atoms with van der Waals surface area (Å²) in [4.78, 5) is 4.71. The van der Waals surface area contributed by atoms with Gasteiger partial charge in [-0.2, -0.15) is 0 Å². The Labute approximate surface area is 178 Å². The molecular formula is C20H23F3N4O3S. The van der Waals surface area contributed by atoms with Crippen LogP contribution in [0, 0.1) is 0 Å². The second-order valence-electron chi connectivity index (χ2n) is 7.05. The van der Waals surface area contributed by atoms with Crippen LogP contribution in [0.5, 0.6) is 5.75 Å². The van der Waals surface area contributed by atoms with Crippen LogP contribution in [0.25, 0.3) is 11.0 Å². The lowest BCUT2D eigenvalue weighted by molar-refractivity contribution is -0.274. The van der Waals surface area contributed by atoms with E-state index < -0.39 is 16.4 Å². The number of imidazole rings is 1. The Balaban J connectivity index is 1.89. The van der Waals surface area contributed by atoms with Crippen LogP contribution in [0.3, 0.4) is 0 Å². The van der Waals surface area contributed by atoms with Crippen molar-refractivity contribution in [3.8, 4) is 5.75 Å². The first kappa shape index (κ1) is 22.9. The molecule has 1 aromatic heterocycles. The summed E-state index contributed by atoms with van der Waals surface area (Å²) in [6, 6.07) is 10.3. The lowest BCUT2D eigenvalue weighted by atomic mass is 10.3. The molecule has 0 aliphatic heterocycles. The molecule has 0 aliphatic rings. The van der Waals surface area contributed by atoms with Gasteiger partial charge in [0, 0.05) is 32.4 Å². The van der Waals surface area contributed by atoms with Crippen LogP contribution in [0.1, 0.15) is 19.2 Å². The zero-order valence-corrected chi connectivity index (χ0v) is 18.1. The maximum atomic E-state index is 12.4. The summed E-state index contributed by atoms with van der Waals surface area (Å²) in [5.41, 5.74) is 1.75. The van der Waals surface area contributed by atoms with E-state index in [1.165, 1.54) is 38.4 Å². The van der Waals surface area contributed by atoms with E-state index in [4.69, 9.17) is 0 Å². The van der Waals surface area contributed by atoms with Gasteiger partial charge in [0.2, 0.25) is 10.0 Å². The second-order valence-corrected chi connectivity index (χ2v) is 9.20. The van der Waals surface area contributed by atoms with Gasteiger partial charge in [-0.3, -0.25) is 0 Å². The van der Waals surface area contributed by atoms with Gasteiger partial charge in [0.05, 0.1) is 22.5 Å². The van der Waals surface area contributed by atoms with Crippen LogP contribution in [-0.4, -0.2) is 42.7 Å². The number of ether oxygens (including phenoxy) is 1. The van der Waals surface area contributed by atoms with Crippen molar-refractivity contribution in [2.24, 2.45) is 0 Å². The molecule has 11 heteroatoms. The number of sulfonamides is 1. The van der Waals surface area contributed by atoms with Crippen LogP contribution < -0.4 is 10.1 Å². The SMILES string of the molecule is CCCn1c(CNc2cccc(OC(F)(F)F)c2)nc2cc(S(=O)(=O)N(C)C)ccc21. The number of nitrogens with zero attached hydrogens (tertiary/aromatic N) is 3. The number of fused-ring (bicyclic) bond motifs is 1. The molecule has 0 amide bonds. The van der Waals surface area contributed by atoms with Gasteiger partial charge in [0.25, 0.3) is 0 Å². The molecule has 0 fully saturated rings. The molecule has 0 aliphatic carbocycles. The van der Waals surface area contributed by atoms with Crippen molar-refractivity contribution < 1.29 is 26.3 Å². The fourth-order valence-corrected chi connectivity index (χ4v) is 4.05. The van der Waals surface area contributed by atoms with Crippen LogP contribution in [0.2, 0.25) is 0 Å². The summed E-state index contributed by atoms with van der Waals surface area (Å²) in [5, 5.41) is 3.05. The van der Waals surface area contributed by atoms with E-state index in [9.17, 15) is 21.6 Å². The van der Waals surface area contributed by atoms with E-state index in [0.29, 0.717) is 23.6 Å². The predicted octanol–water partition coefficient (Wildman–Crippen LogP) is 4.21. The number of benzene rings is 2. The first-order valence-corrected chi connectivity index (χ1v) is 11.0. The Morgan fingerprint density at radius 2 is 1.90 bits per heavy atom. The van der Waals surface area contributed by atoms with Gasteiger partial charge >= 0.3 is 6.36 Å². The molecule has 2 aromatic carbocycles. The molecule has 168 valence electrons. The first-order valence-electron chi connectivity index (χ1n) is 9.52. The van der Waals surface area contributed by atoms with Crippen LogP contribution in [0.4, 0.5) is 18.9 Å². The van der Waals surface area contributed by atoms with Gasteiger partial charge in [0.15, 0.2) is 0 Å². The summed E-state index contributed by atoms with van der Waals surface area (Å²) in [5.74, 6) is 0.316. The average molecular weight is 456 g/mol. The van der Waals surface area contributed by atoms with Gasteiger partial charge in [0.1, 0.15) is 11.6 Å². The van der Waals surface area contributed by atoms with Crippen molar-refractivity contribution in [3.05, 3.63) is 48.3 Å². The standard InChI is InChI=1S/C20H23F3N4O3S/c1-4-10-27-18-9-8-16(31(28,29)26(2)3)12-17(18)25-19(27)13-24-14-6-5-7-15(11-14)30-20(21,22)23/h5-9,11-12,24H,4,10,13H2,1-3H3. The lowest BCUT2D eigenvalue weighted by Gasteiger charge is -2.12. The van der Waals surface area contributed by atoms with Gasteiger partial charge in [-0.05, 0) is 36.8 Å². The number of alkyl halides is 3. The predicted molar refractivity (Wildman–Crippen MR) is 111 cm³/mol. The smallest absolute Gasteiger partial charge is 0.406 e. The maximum absolute atomic E-state index is 12.4. The quantitative estimate of drug-likeness (QED) is 0.550. The second kappa shape index (κ2) is 8.75. The van der Waals surface area contributed by atoms with Crippen LogP contribution >= 0.6 is 0 Å². The van der Waals surface area contributed by atoms with Crippen molar-refractivity contribution in [1.82, 2.24) is 13.9 Å². The van der Waals surface area contributed by atoms with Crippen molar-refractivity contribution in [3.63, 3.8) is 0 Å². The number of halogens is 3. The van der Waals surface area contributed by atoms with E-state index in [-0.39, 0.29) is 17.2 Å². The average Bonchev–Trinajstić information content (AvgIpc) is 3.02. The van der Waals surface area contributed by atoms with Gasteiger partial charge in [-0.25, -0.2) is 17.7 Å². The minimum absolute atomic E-state index is 0.141. The maximum Gasteiger partial charge on any atom is 0.573 e. The fourth-order valence-electron chi connectivity index (χ4n) is 3.12. The van der Waals surface area contributed by atoms with E-state index in [2.05, 4.69) is 15.0 Å². The fraction of sp³-hybridized carbons (Fsp3) is 0.350. The molecule has 0 atom stereocenters. The summed E-state index contributed by atoms with van der Waals surface area (Å²) < 4.78 is 69.2. The summed E-state index contributed by atoms with van der Waals surface area (Å²) >= 11 is 0. The van der Waals surface area contributed by atoms with Crippen LogP contribution in [-0.2, 0) is 23.1 Å². The topological polar surface area (TPSA) is 76.5 Å². The third-order valence-corrected chi connectivity index (χ3v) is 6.35. The molecule has 3 rings (SSSR count). The molecule has 0 saturated carbocycles. The molecule has 3 aromatic rings. The van der Waals surface area contributed by atoms with Crippen molar-refractivity contribution >= 4 is 26.7 Å². The summed E-state index contributed by atoms with van der Waals surface area (Å²) in [6.07, 6.45) is -3.94. The zero-order chi connectivity index (χ0) is 22.8. The van der Waals surface area contributed by atoms with Gasteiger partial charge < -0.3 is 14.6 Å². The van der Waals surface area contributed by atoms with E-state index in [0.717, 1.165) is 16.2 Å². The van der Waals surface area contributed by atoms with Crippen LogP contribution in [0.15, 0.2) is 47.4 Å². The summed E-state index contributed by atoms with van der Waals surface area (Å²) in [7, 11) is -0.678. The third-order valence-electron chi connectivity index (χ3n) is 4.54. The molecule has 1 heterocycles. The Morgan fingerprint density at radius 3 is 2.55 bits per heavy atom. The monoisotopic (exact) mass is 456 g/mol. The number of rotatable bonds is 8. The molecule has 1 N–H and O–H groups in total. The highest BCUT2D eigenvalue weighted by molar-refractivity contribution is 7.89. The number of aromatic nitrogens is 2. The Kier molecular flexibility index (Phi) is 6.46. The zero-order valence-electron chi connectivity index (χ0n) is 17.3. The molecule has 0 radical (unpaired) electrons. The summed E-state index contributed by atoms with van der Waals surface area (Å²) in [6.45, 7) is 2.90. The molecule has 0 saturated heterocycles. The Hall–Kier alpha value is -2.79. The van der Waals surface area contributed by atoms with Gasteiger partial charge in [-0.15, -0.1) is 13.2 Å². The van der Waals surface area contributed by atoms with E-state index in [1.807, 2.05) is 11.5 Å². The highest BCUT2D eigenvalue weighted by Crippen LogP contribution is 2.26. The normalized spacial score (nSPS) is 12.5. The number of hydrogen-bond acceptors (Lipinski definition) is 5. The molecule has 0 unspecified atom stereocenters. The number of anilines is 1. The first-order chi connectivity index (χ1) is 14.5. The van der Waals surface area contributed by atoms with E-state index >= 15 is 0 Å². The molecule has 31 heavy (non-hydrogen) atoms. The number of nitrogens with one attached hydrogen (secondary N) is 1. The lowest BCUT2D eigenvalue weighted by Crippen LogP contribution is -2.22. The van der Waals surface area contributed by atoms with Gasteiger partial charge in [-0.1, -0.05) is 13.0 Å². The number of aryl methyl sites for hydroxylation is 1. The minimum Gasteiger partial charge on any atom is -0.406 e. The minimum atomic E-state index is -4.77. The largest absolute Gasteiger partial charge is 0.573 e. The highest BCUT2D eigenvalue weighted by Gasteiger charge is 2.31.